The third kappa shape index (κ3) is 5.09. The summed E-state index contributed by atoms with van der Waals surface area (Å²) >= 11 is 5.80. The Hall–Kier alpha value is -2.65. The van der Waals surface area contributed by atoms with Crippen LogP contribution in [0.1, 0.15) is 41.1 Å². The molecule has 0 aromatic heterocycles. The number of hydrogen-bond donors (Lipinski definition) is 1. The molecule has 1 unspecified atom stereocenters. The molecule has 0 radical (unpaired) electrons. The maximum Gasteiger partial charge on any atom is 0.169 e. The number of thiocarbonyl (C=S) groups is 1. The Bertz CT molecular complexity index is 915. The van der Waals surface area contributed by atoms with Crippen molar-refractivity contribution < 1.29 is 0 Å². The number of nitrogens with one attached hydrogen (secondary N) is 1. The number of rotatable bonds is 6. The van der Waals surface area contributed by atoms with Crippen LogP contribution in [0.15, 0.2) is 84.9 Å². The van der Waals surface area contributed by atoms with Crippen LogP contribution in [0.4, 0.5) is 0 Å². The monoisotopic (exact) mass is 414 g/mol. The molecule has 0 saturated heterocycles. The second-order valence-electron chi connectivity index (χ2n) is 8.29. The van der Waals surface area contributed by atoms with Crippen molar-refractivity contribution in [2.24, 2.45) is 5.92 Å². The van der Waals surface area contributed by atoms with Gasteiger partial charge in [0.1, 0.15) is 0 Å². The fourth-order valence-electron chi connectivity index (χ4n) is 4.38. The van der Waals surface area contributed by atoms with Gasteiger partial charge in [0, 0.05) is 13.6 Å². The summed E-state index contributed by atoms with van der Waals surface area (Å²) < 4.78 is 0. The SMILES string of the molecule is CN(CCC1CCc2ccccc2C1)C(=S)NC(c1ccccc1)c1ccccc1. The zero-order chi connectivity index (χ0) is 20.8. The number of benzene rings is 3. The van der Waals surface area contributed by atoms with Gasteiger partial charge in [-0.05, 0) is 66.1 Å². The lowest BCUT2D eigenvalue weighted by Gasteiger charge is -2.29. The highest BCUT2D eigenvalue weighted by Gasteiger charge is 2.20. The van der Waals surface area contributed by atoms with Gasteiger partial charge in [-0.15, -0.1) is 0 Å². The van der Waals surface area contributed by atoms with E-state index in [1.54, 1.807) is 0 Å². The van der Waals surface area contributed by atoms with E-state index in [0.717, 1.165) is 17.6 Å². The topological polar surface area (TPSA) is 15.3 Å². The van der Waals surface area contributed by atoms with Crippen LogP contribution < -0.4 is 5.32 Å². The Morgan fingerprint density at radius 3 is 2.10 bits per heavy atom. The standard InChI is InChI=1S/C27H30N2S/c1-29(19-18-21-16-17-22-10-8-9-15-25(22)20-21)27(30)28-26(23-11-4-2-5-12-23)24-13-6-3-7-14-24/h2-15,21,26H,16-20H2,1H3,(H,28,30). The van der Waals surface area contributed by atoms with Gasteiger partial charge in [0.15, 0.2) is 5.11 Å². The van der Waals surface area contributed by atoms with Gasteiger partial charge in [0.05, 0.1) is 6.04 Å². The smallest absolute Gasteiger partial charge is 0.169 e. The summed E-state index contributed by atoms with van der Waals surface area (Å²) in [6.07, 6.45) is 4.86. The summed E-state index contributed by atoms with van der Waals surface area (Å²) in [4.78, 5) is 2.20. The van der Waals surface area contributed by atoms with Crippen LogP contribution in [0.25, 0.3) is 0 Å². The van der Waals surface area contributed by atoms with Crippen LogP contribution in [-0.4, -0.2) is 23.6 Å². The normalized spacial score (nSPS) is 15.5. The molecule has 3 aromatic carbocycles. The molecular weight excluding hydrogens is 384 g/mol. The lowest BCUT2D eigenvalue weighted by atomic mass is 9.82. The van der Waals surface area contributed by atoms with Crippen LogP contribution in [0.5, 0.6) is 0 Å². The van der Waals surface area contributed by atoms with Gasteiger partial charge in [-0.2, -0.15) is 0 Å². The lowest BCUT2D eigenvalue weighted by Crippen LogP contribution is -2.40. The van der Waals surface area contributed by atoms with E-state index in [1.807, 2.05) is 0 Å². The predicted octanol–water partition coefficient (Wildman–Crippen LogP) is 5.78. The van der Waals surface area contributed by atoms with Crippen molar-refractivity contribution in [2.45, 2.75) is 31.7 Å². The highest BCUT2D eigenvalue weighted by molar-refractivity contribution is 7.80. The molecule has 1 N–H and O–H groups in total. The highest BCUT2D eigenvalue weighted by Crippen LogP contribution is 2.27. The molecule has 4 rings (SSSR count). The van der Waals surface area contributed by atoms with Crippen molar-refractivity contribution in [3.63, 3.8) is 0 Å². The third-order valence-corrected chi connectivity index (χ3v) is 6.63. The highest BCUT2D eigenvalue weighted by atomic mass is 32.1. The van der Waals surface area contributed by atoms with Crippen LogP contribution in [0.2, 0.25) is 0 Å². The van der Waals surface area contributed by atoms with Gasteiger partial charge in [-0.25, -0.2) is 0 Å². The van der Waals surface area contributed by atoms with Crippen molar-refractivity contribution in [1.29, 1.82) is 0 Å². The van der Waals surface area contributed by atoms with Gasteiger partial charge in [0.2, 0.25) is 0 Å². The molecule has 1 aliphatic rings. The minimum Gasteiger partial charge on any atom is -0.352 e. The predicted molar refractivity (Wildman–Crippen MR) is 130 cm³/mol. The average molecular weight is 415 g/mol. The quantitative estimate of drug-likeness (QED) is 0.515. The number of aryl methyl sites for hydroxylation is 1. The van der Waals surface area contributed by atoms with E-state index >= 15 is 0 Å². The maximum absolute atomic E-state index is 5.80. The first-order valence-corrected chi connectivity index (χ1v) is 11.3. The van der Waals surface area contributed by atoms with Crippen molar-refractivity contribution in [2.75, 3.05) is 13.6 Å². The molecule has 1 aliphatic carbocycles. The molecule has 2 nitrogen and oxygen atoms in total. The molecule has 3 heteroatoms. The largest absolute Gasteiger partial charge is 0.352 e. The molecule has 0 saturated carbocycles. The molecule has 1 atom stereocenters. The van der Waals surface area contributed by atoms with E-state index in [4.69, 9.17) is 12.2 Å². The zero-order valence-corrected chi connectivity index (χ0v) is 18.4. The minimum atomic E-state index is 0.0592. The van der Waals surface area contributed by atoms with Gasteiger partial charge in [0.25, 0.3) is 0 Å². The molecule has 30 heavy (non-hydrogen) atoms. The summed E-state index contributed by atoms with van der Waals surface area (Å²) in [5.74, 6) is 0.740. The number of nitrogens with zero attached hydrogens (tertiary/aromatic N) is 1. The number of fused-ring (bicyclic) bond motifs is 1. The van der Waals surface area contributed by atoms with E-state index in [1.165, 1.54) is 47.9 Å². The van der Waals surface area contributed by atoms with Crippen LogP contribution >= 0.6 is 12.2 Å². The summed E-state index contributed by atoms with van der Waals surface area (Å²) in [5.41, 5.74) is 5.52. The first kappa shape index (κ1) is 20.6. The fourth-order valence-corrected chi connectivity index (χ4v) is 4.59. The first-order valence-electron chi connectivity index (χ1n) is 10.9. The van der Waals surface area contributed by atoms with E-state index in [-0.39, 0.29) is 6.04 Å². The summed E-state index contributed by atoms with van der Waals surface area (Å²) in [7, 11) is 2.11. The van der Waals surface area contributed by atoms with Crippen LogP contribution in [-0.2, 0) is 12.8 Å². The summed E-state index contributed by atoms with van der Waals surface area (Å²) in [5, 5.41) is 4.42. The molecule has 0 spiro atoms. The Morgan fingerprint density at radius 2 is 1.47 bits per heavy atom. The van der Waals surface area contributed by atoms with E-state index in [2.05, 4.69) is 102 Å². The van der Waals surface area contributed by atoms with Gasteiger partial charge in [-0.3, -0.25) is 0 Å². The van der Waals surface area contributed by atoms with Crippen molar-refractivity contribution >= 4 is 17.3 Å². The second kappa shape index (κ2) is 9.90. The number of hydrogen-bond acceptors (Lipinski definition) is 1. The van der Waals surface area contributed by atoms with Crippen molar-refractivity contribution in [1.82, 2.24) is 10.2 Å². The Balaban J connectivity index is 1.37. The Morgan fingerprint density at radius 1 is 0.900 bits per heavy atom. The zero-order valence-electron chi connectivity index (χ0n) is 17.6. The Labute approximate surface area is 185 Å². The molecule has 3 aromatic rings. The molecule has 0 aliphatic heterocycles. The lowest BCUT2D eigenvalue weighted by molar-refractivity contribution is 0.367. The molecule has 0 heterocycles. The molecule has 0 bridgehead atoms. The van der Waals surface area contributed by atoms with Crippen LogP contribution in [0.3, 0.4) is 0 Å². The first-order chi connectivity index (χ1) is 14.7. The molecular formula is C27H30N2S. The van der Waals surface area contributed by atoms with E-state index < -0.39 is 0 Å². The minimum absolute atomic E-state index is 0.0592. The van der Waals surface area contributed by atoms with Crippen LogP contribution in [0, 0.1) is 5.92 Å². The maximum atomic E-state index is 5.80. The third-order valence-electron chi connectivity index (χ3n) is 6.20. The fraction of sp³-hybridized carbons (Fsp3) is 0.296. The average Bonchev–Trinajstić information content (AvgIpc) is 2.81. The van der Waals surface area contributed by atoms with Crippen molar-refractivity contribution in [3.05, 3.63) is 107 Å². The van der Waals surface area contributed by atoms with Crippen molar-refractivity contribution in [3.8, 4) is 0 Å². The van der Waals surface area contributed by atoms with E-state index in [9.17, 15) is 0 Å². The van der Waals surface area contributed by atoms with Gasteiger partial charge >= 0.3 is 0 Å². The molecule has 154 valence electrons. The second-order valence-corrected chi connectivity index (χ2v) is 8.68. The van der Waals surface area contributed by atoms with Gasteiger partial charge < -0.3 is 10.2 Å². The Kier molecular flexibility index (Phi) is 6.81. The van der Waals surface area contributed by atoms with E-state index in [0.29, 0.717) is 0 Å². The van der Waals surface area contributed by atoms with Gasteiger partial charge in [-0.1, -0.05) is 84.9 Å². The molecule has 0 fully saturated rings. The molecule has 0 amide bonds. The summed E-state index contributed by atoms with van der Waals surface area (Å²) in [6.45, 7) is 0.981. The summed E-state index contributed by atoms with van der Waals surface area (Å²) in [6, 6.07) is 30.0.